The molecular formula is C27H46O2. The molecule has 10 atom stereocenters. The normalized spacial score (nSPS) is 54.3. The van der Waals surface area contributed by atoms with Gasteiger partial charge in [0.2, 0.25) is 0 Å². The first-order chi connectivity index (χ1) is 13.7. The van der Waals surface area contributed by atoms with Crippen molar-refractivity contribution in [2.45, 2.75) is 123 Å². The van der Waals surface area contributed by atoms with Crippen LogP contribution in [-0.4, -0.2) is 22.9 Å². The fourth-order valence-electron chi connectivity index (χ4n) is 9.68. The molecule has 2 heteroatoms. The lowest BCUT2D eigenvalue weighted by atomic mass is 9.44. The van der Waals surface area contributed by atoms with E-state index in [1.165, 1.54) is 57.8 Å². The van der Waals surface area contributed by atoms with Crippen LogP contribution in [0, 0.1) is 46.3 Å². The minimum absolute atomic E-state index is 0.0434. The van der Waals surface area contributed by atoms with Gasteiger partial charge in [0.1, 0.15) is 5.60 Å². The van der Waals surface area contributed by atoms with Crippen LogP contribution in [0.4, 0.5) is 0 Å². The standard InChI is InChI=1S/C27H46O2/c1-17(2)7-6-8-18(3)21-9-10-22-20-15-24-27(29-24)16-19(28)11-14-26(27,5)23(20)12-13-25(21,22)4/h17-24,28H,6-16H2,1-5H3/t18?,19-,20-,21+,22-,23-,24+,25+,26+,27+/m0/s1. The van der Waals surface area contributed by atoms with Crippen LogP contribution in [0.1, 0.15) is 105 Å². The van der Waals surface area contributed by atoms with Crippen LogP contribution < -0.4 is 0 Å². The fraction of sp³-hybridized carbons (Fsp3) is 1.00. The molecule has 4 saturated carbocycles. The summed E-state index contributed by atoms with van der Waals surface area (Å²) >= 11 is 0. The largest absolute Gasteiger partial charge is 0.393 e. The van der Waals surface area contributed by atoms with Gasteiger partial charge < -0.3 is 9.84 Å². The average Bonchev–Trinajstić information content (AvgIpc) is 3.22. The van der Waals surface area contributed by atoms with Gasteiger partial charge in [-0.15, -0.1) is 0 Å². The van der Waals surface area contributed by atoms with E-state index in [0.717, 1.165) is 48.3 Å². The highest BCUT2D eigenvalue weighted by Crippen LogP contribution is 2.74. The number of hydrogen-bond donors (Lipinski definition) is 1. The summed E-state index contributed by atoms with van der Waals surface area (Å²) in [5.41, 5.74) is 0.932. The maximum Gasteiger partial charge on any atom is 0.103 e. The Kier molecular flexibility index (Phi) is 4.99. The Balaban J connectivity index is 1.33. The number of aliphatic hydroxyl groups excluding tert-OH is 1. The minimum Gasteiger partial charge on any atom is -0.393 e. The van der Waals surface area contributed by atoms with Crippen molar-refractivity contribution >= 4 is 0 Å². The second kappa shape index (κ2) is 6.96. The SMILES string of the molecule is CC(C)CCCC(C)[C@H]1CC[C@H]2[C@@H]3C[C@H]4O[C@]45C[C@@H](O)CC[C@]5(C)[C@H]3CC[C@]12C. The number of aliphatic hydroxyl groups is 1. The van der Waals surface area contributed by atoms with Gasteiger partial charge in [0.05, 0.1) is 12.2 Å². The van der Waals surface area contributed by atoms with E-state index < -0.39 is 0 Å². The summed E-state index contributed by atoms with van der Waals surface area (Å²) in [7, 11) is 0. The summed E-state index contributed by atoms with van der Waals surface area (Å²) < 4.78 is 6.51. The van der Waals surface area contributed by atoms with Gasteiger partial charge in [0.25, 0.3) is 0 Å². The second-order valence-corrected chi connectivity index (χ2v) is 13.0. The predicted octanol–water partition coefficient (Wildman–Crippen LogP) is 6.60. The summed E-state index contributed by atoms with van der Waals surface area (Å²) in [6.07, 6.45) is 14.8. The summed E-state index contributed by atoms with van der Waals surface area (Å²) in [4.78, 5) is 0. The zero-order valence-corrected chi connectivity index (χ0v) is 19.8. The molecule has 0 radical (unpaired) electrons. The van der Waals surface area contributed by atoms with Crippen molar-refractivity contribution in [2.75, 3.05) is 0 Å². The molecule has 166 valence electrons. The third kappa shape index (κ3) is 2.94. The molecule has 2 nitrogen and oxygen atoms in total. The summed E-state index contributed by atoms with van der Waals surface area (Å²) in [5, 5.41) is 10.4. The summed E-state index contributed by atoms with van der Waals surface area (Å²) in [6, 6.07) is 0. The van der Waals surface area contributed by atoms with Crippen LogP contribution in [0.25, 0.3) is 0 Å². The zero-order valence-electron chi connectivity index (χ0n) is 19.8. The van der Waals surface area contributed by atoms with Crippen LogP contribution in [0.15, 0.2) is 0 Å². The third-order valence-electron chi connectivity index (χ3n) is 11.3. The number of hydrogen-bond acceptors (Lipinski definition) is 2. The molecule has 0 aromatic heterocycles. The topological polar surface area (TPSA) is 32.8 Å². The molecule has 5 aliphatic rings. The van der Waals surface area contributed by atoms with Crippen molar-refractivity contribution in [3.8, 4) is 0 Å². The van der Waals surface area contributed by atoms with Crippen molar-refractivity contribution in [3.05, 3.63) is 0 Å². The Morgan fingerprint density at radius 3 is 2.52 bits per heavy atom. The average molecular weight is 403 g/mol. The first kappa shape index (κ1) is 20.8. The highest BCUT2D eigenvalue weighted by atomic mass is 16.6. The van der Waals surface area contributed by atoms with E-state index in [0.29, 0.717) is 16.9 Å². The fourth-order valence-corrected chi connectivity index (χ4v) is 9.68. The van der Waals surface area contributed by atoms with Crippen LogP contribution >= 0.6 is 0 Å². The van der Waals surface area contributed by atoms with Gasteiger partial charge in [0.15, 0.2) is 0 Å². The quantitative estimate of drug-likeness (QED) is 0.525. The molecule has 5 fully saturated rings. The molecule has 0 aromatic rings. The Hall–Kier alpha value is -0.0800. The van der Waals surface area contributed by atoms with E-state index in [2.05, 4.69) is 34.6 Å². The molecule has 0 amide bonds. The molecule has 1 saturated heterocycles. The number of rotatable bonds is 5. The van der Waals surface area contributed by atoms with Crippen molar-refractivity contribution < 1.29 is 9.84 Å². The molecule has 29 heavy (non-hydrogen) atoms. The van der Waals surface area contributed by atoms with Gasteiger partial charge in [-0.05, 0) is 85.9 Å². The summed E-state index contributed by atoms with van der Waals surface area (Å²) in [5.74, 6) is 5.31. The third-order valence-corrected chi connectivity index (χ3v) is 11.3. The van der Waals surface area contributed by atoms with Gasteiger partial charge in [-0.2, -0.15) is 0 Å². The first-order valence-electron chi connectivity index (χ1n) is 13.1. The monoisotopic (exact) mass is 402 g/mol. The van der Waals surface area contributed by atoms with E-state index in [4.69, 9.17) is 4.74 Å². The molecule has 1 unspecified atom stereocenters. The van der Waals surface area contributed by atoms with E-state index in [9.17, 15) is 5.11 Å². The highest BCUT2D eigenvalue weighted by molar-refractivity contribution is 5.24. The Bertz CT molecular complexity index is 630. The molecule has 1 heterocycles. The highest BCUT2D eigenvalue weighted by Gasteiger charge is 2.76. The lowest BCUT2D eigenvalue weighted by Gasteiger charge is -2.59. The van der Waals surface area contributed by atoms with Crippen LogP contribution in [0.5, 0.6) is 0 Å². The van der Waals surface area contributed by atoms with Crippen molar-refractivity contribution in [1.29, 1.82) is 0 Å². The predicted molar refractivity (Wildman–Crippen MR) is 119 cm³/mol. The molecule has 1 spiro atoms. The molecular weight excluding hydrogens is 356 g/mol. The Morgan fingerprint density at radius 1 is 0.966 bits per heavy atom. The Morgan fingerprint density at radius 2 is 1.76 bits per heavy atom. The molecule has 0 bridgehead atoms. The van der Waals surface area contributed by atoms with Gasteiger partial charge >= 0.3 is 0 Å². The maximum absolute atomic E-state index is 10.4. The molecule has 4 aliphatic carbocycles. The van der Waals surface area contributed by atoms with Crippen LogP contribution in [0.3, 0.4) is 0 Å². The molecule has 1 N–H and O–H groups in total. The second-order valence-electron chi connectivity index (χ2n) is 13.0. The van der Waals surface area contributed by atoms with Gasteiger partial charge in [-0.25, -0.2) is 0 Å². The van der Waals surface area contributed by atoms with E-state index in [-0.39, 0.29) is 11.7 Å². The smallest absolute Gasteiger partial charge is 0.103 e. The van der Waals surface area contributed by atoms with E-state index in [1.54, 1.807) is 0 Å². The van der Waals surface area contributed by atoms with E-state index >= 15 is 0 Å². The molecule has 0 aromatic carbocycles. The lowest BCUT2D eigenvalue weighted by Crippen LogP contribution is -2.58. The van der Waals surface area contributed by atoms with Gasteiger partial charge in [-0.3, -0.25) is 0 Å². The van der Waals surface area contributed by atoms with Gasteiger partial charge in [-0.1, -0.05) is 53.9 Å². The molecule has 5 rings (SSSR count). The number of ether oxygens (including phenoxy) is 1. The lowest BCUT2D eigenvalue weighted by molar-refractivity contribution is -0.116. The molecule has 1 aliphatic heterocycles. The van der Waals surface area contributed by atoms with Crippen LogP contribution in [0.2, 0.25) is 0 Å². The van der Waals surface area contributed by atoms with Gasteiger partial charge in [0, 0.05) is 11.8 Å². The minimum atomic E-state index is -0.124. The number of fused-ring (bicyclic) bond motifs is 4. The van der Waals surface area contributed by atoms with Crippen LogP contribution in [-0.2, 0) is 4.74 Å². The summed E-state index contributed by atoms with van der Waals surface area (Å²) in [6.45, 7) is 12.6. The zero-order chi connectivity index (χ0) is 20.6. The van der Waals surface area contributed by atoms with Crippen molar-refractivity contribution in [3.63, 3.8) is 0 Å². The van der Waals surface area contributed by atoms with Crippen molar-refractivity contribution in [2.24, 2.45) is 46.3 Å². The van der Waals surface area contributed by atoms with Crippen molar-refractivity contribution in [1.82, 2.24) is 0 Å². The maximum atomic E-state index is 10.4. The first-order valence-corrected chi connectivity index (χ1v) is 13.1. The van der Waals surface area contributed by atoms with E-state index in [1.807, 2.05) is 0 Å². The number of epoxide rings is 1. The Labute approximate surface area is 179 Å².